The molecule has 1 N–H and O–H groups in total. The van der Waals surface area contributed by atoms with Crippen LogP contribution in [0.1, 0.15) is 47.9 Å². The fourth-order valence-electron chi connectivity index (χ4n) is 5.55. The summed E-state index contributed by atoms with van der Waals surface area (Å²) in [7, 11) is 0. The lowest BCUT2D eigenvalue weighted by molar-refractivity contribution is 0.605. The smallest absolute Gasteiger partial charge is 0.0554 e. The van der Waals surface area contributed by atoms with Gasteiger partial charge in [-0.15, -0.1) is 0 Å². The molecular formula is C45H45N. The zero-order valence-electron chi connectivity index (χ0n) is 26.8. The summed E-state index contributed by atoms with van der Waals surface area (Å²) >= 11 is 0. The van der Waals surface area contributed by atoms with Gasteiger partial charge in [0.2, 0.25) is 0 Å². The molecule has 0 spiro atoms. The highest BCUT2D eigenvalue weighted by Gasteiger charge is 2.16. The third kappa shape index (κ3) is 9.81. The van der Waals surface area contributed by atoms with Crippen molar-refractivity contribution >= 4 is 6.08 Å². The Morgan fingerprint density at radius 1 is 0.717 bits per heavy atom. The van der Waals surface area contributed by atoms with E-state index < -0.39 is 0 Å². The van der Waals surface area contributed by atoms with E-state index in [9.17, 15) is 0 Å². The Labute approximate surface area is 276 Å². The van der Waals surface area contributed by atoms with Gasteiger partial charge in [0.15, 0.2) is 0 Å². The van der Waals surface area contributed by atoms with Crippen molar-refractivity contribution in [2.45, 2.75) is 31.2 Å². The molecule has 46 heavy (non-hydrogen) atoms. The third-order valence-electron chi connectivity index (χ3n) is 7.87. The molecule has 0 aromatic heterocycles. The standard InChI is InChI=1S/C29H28.C16H17N/c1-5-9-15-24(13-6-2)18-23-29(25(8-4)14-7-3)28-21-19-27(20-22-28)26-16-11-10-12-17-26;1-2-9-14(10-3-1)17-16-12-6-8-13-7-4-5-11-15(13)16/h5-23,29H,1-4H2;2,4-11,16-17H,1,3,12H2/b15-9-,23-18+,24-13-,25-14+;. The van der Waals surface area contributed by atoms with Gasteiger partial charge in [-0.1, -0.05) is 190 Å². The number of benzene rings is 3. The fraction of sp³-hybridized carbons (Fsp3) is 0.111. The minimum absolute atomic E-state index is 0.0701. The number of nitrogens with one attached hydrogen (secondary N) is 1. The van der Waals surface area contributed by atoms with Crippen LogP contribution >= 0.6 is 0 Å². The number of hydrogen-bond acceptors (Lipinski definition) is 1. The molecule has 3 aromatic carbocycles. The molecule has 0 bridgehead atoms. The van der Waals surface area contributed by atoms with Gasteiger partial charge in [-0.3, -0.25) is 0 Å². The third-order valence-corrected chi connectivity index (χ3v) is 7.87. The summed E-state index contributed by atoms with van der Waals surface area (Å²) < 4.78 is 0. The maximum Gasteiger partial charge on any atom is 0.0554 e. The lowest BCUT2D eigenvalue weighted by Gasteiger charge is -2.25. The van der Waals surface area contributed by atoms with Gasteiger partial charge in [-0.05, 0) is 64.3 Å². The van der Waals surface area contributed by atoms with Gasteiger partial charge in [-0.25, -0.2) is 0 Å². The lowest BCUT2D eigenvalue weighted by Crippen LogP contribution is -2.22. The Hall–Kier alpha value is -5.40. The molecule has 0 fully saturated rings. The molecule has 0 saturated heterocycles. The molecule has 0 saturated carbocycles. The van der Waals surface area contributed by atoms with Gasteiger partial charge >= 0.3 is 0 Å². The van der Waals surface area contributed by atoms with E-state index in [1.54, 1.807) is 18.2 Å². The second kappa shape index (κ2) is 18.4. The summed E-state index contributed by atoms with van der Waals surface area (Å²) in [5, 5.41) is 3.64. The van der Waals surface area contributed by atoms with Crippen molar-refractivity contribution in [2.75, 3.05) is 0 Å². The molecule has 2 unspecified atom stereocenters. The molecule has 2 aliphatic rings. The van der Waals surface area contributed by atoms with Gasteiger partial charge in [-0.2, -0.15) is 0 Å². The Balaban J connectivity index is 0.000000237. The Bertz CT molecular complexity index is 1680. The summed E-state index contributed by atoms with van der Waals surface area (Å²) in [6, 6.07) is 28.1. The van der Waals surface area contributed by atoms with Crippen LogP contribution in [0.5, 0.6) is 0 Å². The van der Waals surface area contributed by atoms with Crippen molar-refractivity contribution < 1.29 is 0 Å². The Kier molecular flexibility index (Phi) is 13.4. The van der Waals surface area contributed by atoms with Crippen LogP contribution in [-0.4, -0.2) is 0 Å². The topological polar surface area (TPSA) is 12.0 Å². The highest BCUT2D eigenvalue weighted by atomic mass is 14.9. The van der Waals surface area contributed by atoms with E-state index in [1.807, 2.05) is 36.4 Å². The van der Waals surface area contributed by atoms with Crippen LogP contribution in [0, 0.1) is 0 Å². The van der Waals surface area contributed by atoms with Gasteiger partial charge < -0.3 is 5.32 Å². The van der Waals surface area contributed by atoms with Crippen LogP contribution in [0.4, 0.5) is 0 Å². The molecule has 1 heteroatoms. The van der Waals surface area contributed by atoms with E-state index >= 15 is 0 Å². The Morgan fingerprint density at radius 3 is 2.15 bits per heavy atom. The van der Waals surface area contributed by atoms with Crippen LogP contribution in [0.2, 0.25) is 0 Å². The first-order valence-electron chi connectivity index (χ1n) is 16.0. The molecule has 230 valence electrons. The van der Waals surface area contributed by atoms with E-state index in [0.717, 1.165) is 24.0 Å². The van der Waals surface area contributed by atoms with Crippen molar-refractivity contribution in [3.05, 3.63) is 224 Å². The molecule has 3 aromatic rings. The number of allylic oxidation sites excluding steroid dienone is 15. The number of hydrogen-bond donors (Lipinski definition) is 1. The largest absolute Gasteiger partial charge is 0.378 e. The van der Waals surface area contributed by atoms with E-state index in [0.29, 0.717) is 6.04 Å². The summed E-state index contributed by atoms with van der Waals surface area (Å²) in [6.07, 6.45) is 34.0. The molecular weight excluding hydrogens is 555 g/mol. The van der Waals surface area contributed by atoms with Crippen LogP contribution in [0.15, 0.2) is 207 Å². The first kappa shape index (κ1) is 33.5. The normalized spacial score (nSPS) is 16.5. The molecule has 0 radical (unpaired) electrons. The molecule has 2 atom stereocenters. The molecule has 1 nitrogen and oxygen atoms in total. The van der Waals surface area contributed by atoms with Gasteiger partial charge in [0.1, 0.15) is 0 Å². The Morgan fingerprint density at radius 2 is 1.46 bits per heavy atom. The van der Waals surface area contributed by atoms with Crippen LogP contribution in [-0.2, 0) is 0 Å². The van der Waals surface area contributed by atoms with Crippen molar-refractivity contribution in [1.29, 1.82) is 0 Å². The van der Waals surface area contributed by atoms with Gasteiger partial charge in [0, 0.05) is 11.6 Å². The van der Waals surface area contributed by atoms with Crippen molar-refractivity contribution in [3.63, 3.8) is 0 Å². The molecule has 0 amide bonds. The van der Waals surface area contributed by atoms with E-state index in [1.165, 1.54) is 39.9 Å². The zero-order valence-corrected chi connectivity index (χ0v) is 26.8. The van der Waals surface area contributed by atoms with Crippen LogP contribution < -0.4 is 5.32 Å². The predicted octanol–water partition coefficient (Wildman–Crippen LogP) is 12.1. The number of rotatable bonds is 12. The zero-order chi connectivity index (χ0) is 32.4. The SMILES string of the molecule is C1=CC(NC2CC=Cc3ccccc32)=CCC1.C=C\C=C/C(=C/C=C)/C=C/C(/C(C=C)=C/C=C)c1ccc(-c2ccccc2)cc1. The average Bonchev–Trinajstić information content (AvgIpc) is 3.11. The van der Waals surface area contributed by atoms with Crippen LogP contribution in [0.25, 0.3) is 17.2 Å². The number of fused-ring (bicyclic) bond motifs is 1. The van der Waals surface area contributed by atoms with E-state index in [4.69, 9.17) is 0 Å². The minimum Gasteiger partial charge on any atom is -0.378 e. The maximum absolute atomic E-state index is 4.00. The summed E-state index contributed by atoms with van der Waals surface area (Å²) in [4.78, 5) is 0. The quantitative estimate of drug-likeness (QED) is 0.204. The fourth-order valence-corrected chi connectivity index (χ4v) is 5.55. The highest BCUT2D eigenvalue weighted by molar-refractivity contribution is 5.64. The van der Waals surface area contributed by atoms with E-state index in [2.05, 4.69) is 147 Å². The molecule has 0 aliphatic heterocycles. The summed E-state index contributed by atoms with van der Waals surface area (Å²) in [6.45, 7) is 15.4. The maximum atomic E-state index is 4.00. The monoisotopic (exact) mass is 599 g/mol. The first-order chi connectivity index (χ1) is 22.7. The van der Waals surface area contributed by atoms with E-state index in [-0.39, 0.29) is 5.92 Å². The average molecular weight is 600 g/mol. The summed E-state index contributed by atoms with van der Waals surface area (Å²) in [5.74, 6) is 0.0701. The summed E-state index contributed by atoms with van der Waals surface area (Å²) in [5.41, 5.74) is 9.77. The van der Waals surface area contributed by atoms with Crippen molar-refractivity contribution in [1.82, 2.24) is 5.32 Å². The lowest BCUT2D eigenvalue weighted by atomic mass is 9.88. The molecule has 0 heterocycles. The molecule has 2 aliphatic carbocycles. The minimum atomic E-state index is 0.0701. The van der Waals surface area contributed by atoms with Crippen molar-refractivity contribution in [3.8, 4) is 11.1 Å². The second-order valence-electron chi connectivity index (χ2n) is 11.0. The second-order valence-corrected chi connectivity index (χ2v) is 11.0. The predicted molar refractivity (Wildman–Crippen MR) is 202 cm³/mol. The van der Waals surface area contributed by atoms with Crippen LogP contribution in [0.3, 0.4) is 0 Å². The van der Waals surface area contributed by atoms with Crippen molar-refractivity contribution in [2.24, 2.45) is 0 Å². The molecule has 5 rings (SSSR count). The van der Waals surface area contributed by atoms with Gasteiger partial charge in [0.25, 0.3) is 0 Å². The highest BCUT2D eigenvalue weighted by Crippen LogP contribution is 2.31. The first-order valence-corrected chi connectivity index (χ1v) is 16.0. The van der Waals surface area contributed by atoms with Gasteiger partial charge in [0.05, 0.1) is 6.04 Å².